The molecule has 0 saturated heterocycles. The minimum atomic E-state index is -0.0604. The van der Waals surface area contributed by atoms with Crippen LogP contribution < -0.4 is 0 Å². The summed E-state index contributed by atoms with van der Waals surface area (Å²) in [6.07, 6.45) is 1.72. The third-order valence-corrected chi connectivity index (χ3v) is 9.87. The predicted octanol–water partition coefficient (Wildman–Crippen LogP) is 13.0. The van der Waals surface area contributed by atoms with Crippen LogP contribution in [0.1, 0.15) is 43.0 Å². The number of hydrogen-bond donors (Lipinski definition) is 1. The molecule has 0 bridgehead atoms. The first kappa shape index (κ1) is 32.9. The summed E-state index contributed by atoms with van der Waals surface area (Å²) in [5.74, 6) is 0.671. The van der Waals surface area contributed by atoms with Crippen molar-refractivity contribution in [2.24, 2.45) is 4.99 Å². The standard InChI is InChI=1S/C48H40N2O2/c1-30-17-18-31(2)41(25-30)34-21-19-32(20-22-34)35-27-42(39-15-10-12-33-11-6-7-13-38(33)39)46-45(28-35)52-47(50-46)40-14-8-9-16-43(40)49-29-36-26-37(48(3,4)5)23-24-44(36)51/h6-29,51H,1-5H3. The third-order valence-electron chi connectivity index (χ3n) is 9.87. The monoisotopic (exact) mass is 676 g/mol. The van der Waals surface area contributed by atoms with Gasteiger partial charge in [0.2, 0.25) is 5.89 Å². The Kier molecular flexibility index (Phi) is 8.31. The van der Waals surface area contributed by atoms with Gasteiger partial charge in [-0.05, 0) is 105 Å². The van der Waals surface area contributed by atoms with E-state index in [1.54, 1.807) is 12.3 Å². The van der Waals surface area contributed by atoms with Crippen LogP contribution in [-0.4, -0.2) is 16.3 Å². The molecule has 52 heavy (non-hydrogen) atoms. The Hall–Kier alpha value is -6.26. The molecular weight excluding hydrogens is 637 g/mol. The number of benzene rings is 7. The first-order chi connectivity index (χ1) is 25.1. The van der Waals surface area contributed by atoms with Crippen LogP contribution in [0.5, 0.6) is 5.75 Å². The van der Waals surface area contributed by atoms with E-state index in [-0.39, 0.29) is 11.2 Å². The number of para-hydroxylation sites is 1. The van der Waals surface area contributed by atoms with Crippen LogP contribution in [0.15, 0.2) is 149 Å². The van der Waals surface area contributed by atoms with Crippen LogP contribution in [0.3, 0.4) is 0 Å². The van der Waals surface area contributed by atoms with Crippen molar-refractivity contribution in [3.63, 3.8) is 0 Å². The lowest BCUT2D eigenvalue weighted by Crippen LogP contribution is -2.11. The Balaban J connectivity index is 1.26. The highest BCUT2D eigenvalue weighted by Gasteiger charge is 2.19. The second-order valence-electron chi connectivity index (χ2n) is 14.6. The summed E-state index contributed by atoms with van der Waals surface area (Å²) < 4.78 is 6.66. The van der Waals surface area contributed by atoms with E-state index in [1.165, 1.54) is 27.6 Å². The van der Waals surface area contributed by atoms with Gasteiger partial charge in [-0.3, -0.25) is 4.99 Å². The van der Waals surface area contributed by atoms with Crippen LogP contribution in [0, 0.1) is 13.8 Å². The molecule has 0 saturated carbocycles. The smallest absolute Gasteiger partial charge is 0.229 e. The number of phenols is 1. The summed E-state index contributed by atoms with van der Waals surface area (Å²) >= 11 is 0. The molecule has 0 fully saturated rings. The van der Waals surface area contributed by atoms with Gasteiger partial charge >= 0.3 is 0 Å². The van der Waals surface area contributed by atoms with Crippen LogP contribution in [0.4, 0.5) is 5.69 Å². The molecule has 7 aromatic carbocycles. The summed E-state index contributed by atoms with van der Waals surface area (Å²) in [6, 6.07) is 48.1. The zero-order chi connectivity index (χ0) is 36.0. The maximum atomic E-state index is 10.7. The number of phenolic OH excluding ortho intramolecular Hbond substituents is 1. The van der Waals surface area contributed by atoms with Crippen molar-refractivity contribution in [3.05, 3.63) is 162 Å². The number of aliphatic imine (C=N–C) groups is 1. The molecule has 1 N–H and O–H groups in total. The van der Waals surface area contributed by atoms with Crippen LogP contribution in [-0.2, 0) is 5.41 Å². The SMILES string of the molecule is Cc1ccc(C)c(-c2ccc(-c3cc(-c4cccc5ccccc45)c4nc(-c5ccccc5N=Cc5cc(C(C)(C)C)ccc5O)oc4c3)cc2)c1. The molecule has 8 rings (SSSR count). The largest absolute Gasteiger partial charge is 0.507 e. The quantitative estimate of drug-likeness (QED) is 0.178. The fraction of sp³-hybridized carbons (Fsp3) is 0.125. The van der Waals surface area contributed by atoms with E-state index in [1.807, 2.05) is 36.4 Å². The molecule has 0 spiro atoms. The lowest BCUT2D eigenvalue weighted by Gasteiger charge is -2.19. The van der Waals surface area contributed by atoms with Gasteiger partial charge in [-0.2, -0.15) is 0 Å². The van der Waals surface area contributed by atoms with Gasteiger partial charge in [-0.1, -0.05) is 129 Å². The minimum Gasteiger partial charge on any atom is -0.507 e. The molecule has 0 aliphatic carbocycles. The molecule has 254 valence electrons. The van der Waals surface area contributed by atoms with Crippen LogP contribution in [0.25, 0.3) is 66.7 Å². The van der Waals surface area contributed by atoms with Crippen LogP contribution >= 0.6 is 0 Å². The van der Waals surface area contributed by atoms with E-state index in [2.05, 4.69) is 132 Å². The average Bonchev–Trinajstić information content (AvgIpc) is 3.59. The number of oxazole rings is 1. The summed E-state index contributed by atoms with van der Waals surface area (Å²) in [5, 5.41) is 13.0. The zero-order valence-electron chi connectivity index (χ0n) is 30.1. The Morgan fingerprint density at radius 2 is 1.37 bits per heavy atom. The molecule has 1 heterocycles. The second-order valence-corrected chi connectivity index (χ2v) is 14.6. The predicted molar refractivity (Wildman–Crippen MR) is 217 cm³/mol. The molecule has 1 aromatic heterocycles. The van der Waals surface area contributed by atoms with Gasteiger partial charge in [0.05, 0.1) is 11.3 Å². The van der Waals surface area contributed by atoms with E-state index < -0.39 is 0 Å². The van der Waals surface area contributed by atoms with Crippen molar-refractivity contribution >= 4 is 33.8 Å². The maximum Gasteiger partial charge on any atom is 0.229 e. The van der Waals surface area contributed by atoms with Gasteiger partial charge in [0.25, 0.3) is 0 Å². The molecule has 8 aromatic rings. The first-order valence-corrected chi connectivity index (χ1v) is 17.7. The fourth-order valence-electron chi connectivity index (χ4n) is 6.90. The topological polar surface area (TPSA) is 58.6 Å². The highest BCUT2D eigenvalue weighted by molar-refractivity contribution is 6.05. The average molecular weight is 677 g/mol. The zero-order valence-corrected chi connectivity index (χ0v) is 30.1. The van der Waals surface area contributed by atoms with Crippen molar-refractivity contribution in [2.75, 3.05) is 0 Å². The number of hydrogen-bond acceptors (Lipinski definition) is 4. The molecular formula is C48H40N2O2. The fourth-order valence-corrected chi connectivity index (χ4v) is 6.90. The number of nitrogens with zero attached hydrogens (tertiary/aromatic N) is 2. The number of aromatic nitrogens is 1. The molecule has 0 amide bonds. The highest BCUT2D eigenvalue weighted by Crippen LogP contribution is 2.41. The molecule has 0 aliphatic rings. The van der Waals surface area contributed by atoms with Gasteiger partial charge in [0, 0.05) is 17.3 Å². The minimum absolute atomic E-state index is 0.0604. The Bertz CT molecular complexity index is 2630. The van der Waals surface area contributed by atoms with E-state index in [0.717, 1.165) is 44.3 Å². The number of rotatable bonds is 6. The first-order valence-electron chi connectivity index (χ1n) is 17.7. The summed E-state index contributed by atoms with van der Waals surface area (Å²) in [5.41, 5.74) is 13.9. The molecule has 0 radical (unpaired) electrons. The van der Waals surface area contributed by atoms with Gasteiger partial charge in [0.15, 0.2) is 5.58 Å². The van der Waals surface area contributed by atoms with Gasteiger partial charge in [-0.25, -0.2) is 4.98 Å². The molecule has 0 aliphatic heterocycles. The highest BCUT2D eigenvalue weighted by atomic mass is 16.3. The Labute approximate surface area is 304 Å². The van der Waals surface area contributed by atoms with E-state index in [9.17, 15) is 5.11 Å². The van der Waals surface area contributed by atoms with Gasteiger partial charge < -0.3 is 9.52 Å². The van der Waals surface area contributed by atoms with Gasteiger partial charge in [0.1, 0.15) is 11.3 Å². The van der Waals surface area contributed by atoms with Crippen molar-refractivity contribution in [2.45, 2.75) is 40.0 Å². The normalized spacial score (nSPS) is 11.9. The number of fused-ring (bicyclic) bond motifs is 2. The Morgan fingerprint density at radius 1 is 0.635 bits per heavy atom. The van der Waals surface area contributed by atoms with Crippen molar-refractivity contribution in [1.29, 1.82) is 0 Å². The third kappa shape index (κ3) is 6.29. The van der Waals surface area contributed by atoms with Crippen molar-refractivity contribution < 1.29 is 9.52 Å². The maximum absolute atomic E-state index is 10.7. The summed E-state index contributed by atoms with van der Waals surface area (Å²) in [7, 11) is 0. The van der Waals surface area contributed by atoms with E-state index >= 15 is 0 Å². The van der Waals surface area contributed by atoms with Gasteiger partial charge in [-0.15, -0.1) is 0 Å². The summed E-state index contributed by atoms with van der Waals surface area (Å²) in [6.45, 7) is 10.8. The molecule has 0 atom stereocenters. The van der Waals surface area contributed by atoms with Crippen molar-refractivity contribution in [3.8, 4) is 50.6 Å². The van der Waals surface area contributed by atoms with Crippen molar-refractivity contribution in [1.82, 2.24) is 4.98 Å². The van der Waals surface area contributed by atoms with E-state index in [4.69, 9.17) is 14.4 Å². The van der Waals surface area contributed by atoms with E-state index in [0.29, 0.717) is 22.7 Å². The lowest BCUT2D eigenvalue weighted by molar-refractivity contribution is 0.473. The van der Waals surface area contributed by atoms with Crippen LogP contribution in [0.2, 0.25) is 0 Å². The summed E-state index contributed by atoms with van der Waals surface area (Å²) in [4.78, 5) is 10.0. The number of aromatic hydroxyl groups is 1. The number of aryl methyl sites for hydroxylation is 2. The Morgan fingerprint density at radius 3 is 2.19 bits per heavy atom. The molecule has 0 unspecified atom stereocenters. The molecule has 4 heteroatoms. The second kappa shape index (κ2) is 13.1. The molecule has 4 nitrogen and oxygen atoms in total. The lowest BCUT2D eigenvalue weighted by atomic mass is 9.86.